The molecule has 0 aromatic heterocycles. The summed E-state index contributed by atoms with van der Waals surface area (Å²) in [5, 5.41) is 14.7. The van der Waals surface area contributed by atoms with Crippen molar-refractivity contribution in [1.29, 1.82) is 0 Å². The molecule has 2 heterocycles. The topological polar surface area (TPSA) is 120 Å². The number of aliphatic hydroxyl groups excluding tert-OH is 1. The third kappa shape index (κ3) is 7.79. The first-order valence-corrected chi connectivity index (χ1v) is 16.6. The van der Waals surface area contributed by atoms with E-state index in [1.54, 1.807) is 0 Å². The van der Waals surface area contributed by atoms with E-state index in [9.17, 15) is 19.5 Å². The predicted molar refractivity (Wildman–Crippen MR) is 177 cm³/mol. The number of aliphatic hydroxyl groups is 1. The minimum atomic E-state index is -1.34. The molecule has 3 amide bonds. The molecule has 10 nitrogen and oxygen atoms in total. The van der Waals surface area contributed by atoms with Crippen LogP contribution >= 0.6 is 0 Å². The number of rotatable bonds is 14. The maximum Gasteiger partial charge on any atom is 0.408 e. The molecular formula is C36H48N4O6. The minimum absolute atomic E-state index is 0.0243. The second-order valence-electron chi connectivity index (χ2n) is 12.8. The minimum Gasteiger partial charge on any atom is -0.445 e. The Hall–Kier alpha value is -3.73. The van der Waals surface area contributed by atoms with Crippen LogP contribution in [0, 0.1) is 5.92 Å². The van der Waals surface area contributed by atoms with Gasteiger partial charge in [0.2, 0.25) is 5.91 Å². The number of benzene rings is 2. The summed E-state index contributed by atoms with van der Waals surface area (Å²) in [7, 11) is 4.13. The second-order valence-corrected chi connectivity index (χ2v) is 12.8. The van der Waals surface area contributed by atoms with Gasteiger partial charge in [-0.15, -0.1) is 0 Å². The number of carbonyl (C=O) groups is 3. The molecule has 3 N–H and O–H groups in total. The van der Waals surface area contributed by atoms with Gasteiger partial charge in [0.05, 0.1) is 19.1 Å². The van der Waals surface area contributed by atoms with Crippen LogP contribution < -0.4 is 15.5 Å². The van der Waals surface area contributed by atoms with Gasteiger partial charge in [-0.25, -0.2) is 4.79 Å². The number of fused-ring (bicyclic) bond motifs is 2. The number of hydrogen-bond donors (Lipinski definition) is 3. The largest absolute Gasteiger partial charge is 0.445 e. The molecule has 1 unspecified atom stereocenters. The van der Waals surface area contributed by atoms with Crippen LogP contribution in [0.25, 0.3) is 5.57 Å². The van der Waals surface area contributed by atoms with E-state index in [-0.39, 0.29) is 12.6 Å². The Bertz CT molecular complexity index is 1430. The van der Waals surface area contributed by atoms with Gasteiger partial charge in [0.1, 0.15) is 12.6 Å². The first kappa shape index (κ1) is 33.6. The summed E-state index contributed by atoms with van der Waals surface area (Å²) in [6, 6.07) is 12.7. The maximum absolute atomic E-state index is 13.3. The van der Waals surface area contributed by atoms with E-state index in [1.807, 2.05) is 37.4 Å². The lowest BCUT2D eigenvalue weighted by Crippen LogP contribution is -2.53. The van der Waals surface area contributed by atoms with Crippen molar-refractivity contribution < 1.29 is 29.0 Å². The van der Waals surface area contributed by atoms with E-state index < -0.39 is 36.5 Å². The van der Waals surface area contributed by atoms with Crippen molar-refractivity contribution in [2.75, 3.05) is 45.3 Å². The summed E-state index contributed by atoms with van der Waals surface area (Å²) >= 11 is 0. The van der Waals surface area contributed by atoms with Gasteiger partial charge in [0, 0.05) is 44.4 Å². The van der Waals surface area contributed by atoms with Crippen LogP contribution in [0.5, 0.6) is 0 Å². The van der Waals surface area contributed by atoms with Gasteiger partial charge in [-0.2, -0.15) is 0 Å². The molecule has 2 aliphatic heterocycles. The number of ether oxygens (including phenoxy) is 2. The van der Waals surface area contributed by atoms with Crippen LogP contribution in [-0.2, 0) is 32.3 Å². The quantitative estimate of drug-likeness (QED) is 0.263. The lowest BCUT2D eigenvalue weighted by molar-refractivity contribution is -0.133. The molecule has 3 aliphatic rings. The van der Waals surface area contributed by atoms with E-state index in [2.05, 4.69) is 52.6 Å². The molecule has 0 saturated carbocycles. The molecule has 0 saturated heterocycles. The van der Waals surface area contributed by atoms with E-state index in [1.165, 1.54) is 36.1 Å². The molecule has 5 rings (SSSR count). The Morgan fingerprint density at radius 1 is 0.978 bits per heavy atom. The Morgan fingerprint density at radius 2 is 1.74 bits per heavy atom. The summed E-state index contributed by atoms with van der Waals surface area (Å²) in [4.78, 5) is 43.4. The average Bonchev–Trinajstić information content (AvgIpc) is 3.38. The molecule has 10 heteroatoms. The van der Waals surface area contributed by atoms with Crippen molar-refractivity contribution >= 4 is 29.2 Å². The fourth-order valence-corrected chi connectivity index (χ4v) is 6.99. The number of imide groups is 1. The fourth-order valence-electron chi connectivity index (χ4n) is 6.99. The molecule has 46 heavy (non-hydrogen) atoms. The Kier molecular flexibility index (Phi) is 11.5. The number of nitrogens with one attached hydrogen (secondary N) is 2. The molecule has 0 bridgehead atoms. The highest BCUT2D eigenvalue weighted by molar-refractivity contribution is 6.01. The normalized spacial score (nSPS) is 20.7. The molecule has 2 aromatic rings. The third-order valence-electron chi connectivity index (χ3n) is 9.47. The van der Waals surface area contributed by atoms with E-state index >= 15 is 0 Å². The van der Waals surface area contributed by atoms with Crippen LogP contribution in [0.15, 0.2) is 48.5 Å². The van der Waals surface area contributed by atoms with Gasteiger partial charge in [-0.1, -0.05) is 75.1 Å². The first-order chi connectivity index (χ1) is 22.3. The highest BCUT2D eigenvalue weighted by Crippen LogP contribution is 2.49. The molecule has 0 fully saturated rings. The van der Waals surface area contributed by atoms with Crippen molar-refractivity contribution in [2.24, 2.45) is 5.92 Å². The molecule has 4 atom stereocenters. The molecule has 0 radical (unpaired) electrons. The van der Waals surface area contributed by atoms with Crippen molar-refractivity contribution in [3.63, 3.8) is 0 Å². The van der Waals surface area contributed by atoms with Crippen molar-refractivity contribution in [3.05, 3.63) is 70.8 Å². The molecule has 0 spiro atoms. The summed E-state index contributed by atoms with van der Waals surface area (Å²) in [6.45, 7) is 4.02. The number of carbonyl (C=O) groups excluding carboxylic acids is 3. The van der Waals surface area contributed by atoms with Crippen molar-refractivity contribution in [2.45, 2.75) is 76.7 Å². The zero-order valence-corrected chi connectivity index (χ0v) is 27.3. The third-order valence-corrected chi connectivity index (χ3v) is 9.47. The van der Waals surface area contributed by atoms with Gasteiger partial charge in [-0.05, 0) is 53.8 Å². The predicted octanol–water partition coefficient (Wildman–Crippen LogP) is 4.35. The summed E-state index contributed by atoms with van der Waals surface area (Å²) in [6.07, 6.45) is 7.92. The van der Waals surface area contributed by atoms with Gasteiger partial charge in [-0.3, -0.25) is 19.8 Å². The number of likely N-dealkylation sites (N-methyl/N-ethyl adjacent to an activating group) is 2. The monoisotopic (exact) mass is 632 g/mol. The molecular weight excluding hydrogens is 584 g/mol. The lowest BCUT2D eigenvalue weighted by atomic mass is 9.74. The number of hydrogen-bond acceptors (Lipinski definition) is 8. The molecule has 248 valence electrons. The Morgan fingerprint density at radius 3 is 2.50 bits per heavy atom. The van der Waals surface area contributed by atoms with Crippen LogP contribution in [0.2, 0.25) is 0 Å². The number of alkyl carbamates (subject to hydrolysis) is 1. The van der Waals surface area contributed by atoms with Crippen molar-refractivity contribution in [1.82, 2.24) is 15.5 Å². The summed E-state index contributed by atoms with van der Waals surface area (Å²) in [5.74, 6) is -1.36. The first-order valence-electron chi connectivity index (χ1n) is 16.6. The number of anilines is 1. The zero-order valence-electron chi connectivity index (χ0n) is 27.3. The number of unbranched alkanes of at least 4 members (excludes halogenated alkanes) is 4. The van der Waals surface area contributed by atoms with Gasteiger partial charge in [0.15, 0.2) is 0 Å². The van der Waals surface area contributed by atoms with Gasteiger partial charge >= 0.3 is 6.09 Å². The fraction of sp³-hybridized carbons (Fsp3) is 0.528. The lowest BCUT2D eigenvalue weighted by Gasteiger charge is -2.41. The van der Waals surface area contributed by atoms with Crippen LogP contribution in [0.1, 0.15) is 73.6 Å². The molecule has 2 aromatic carbocycles. The highest BCUT2D eigenvalue weighted by Gasteiger charge is 2.42. The number of amides is 3. The second kappa shape index (κ2) is 15.7. The van der Waals surface area contributed by atoms with Crippen molar-refractivity contribution in [3.8, 4) is 0 Å². The van der Waals surface area contributed by atoms with Gasteiger partial charge < -0.3 is 24.8 Å². The highest BCUT2D eigenvalue weighted by atomic mass is 16.5. The molecule has 1 aliphatic carbocycles. The van der Waals surface area contributed by atoms with Crippen LogP contribution in [-0.4, -0.2) is 80.4 Å². The van der Waals surface area contributed by atoms with E-state index in [0.717, 1.165) is 42.5 Å². The van der Waals surface area contributed by atoms with E-state index in [0.29, 0.717) is 25.7 Å². The Balaban J connectivity index is 1.13. The Labute approximate surface area is 272 Å². The smallest absolute Gasteiger partial charge is 0.408 e. The van der Waals surface area contributed by atoms with Crippen LogP contribution in [0.4, 0.5) is 10.5 Å². The van der Waals surface area contributed by atoms with Crippen LogP contribution in [0.3, 0.4) is 0 Å². The average molecular weight is 633 g/mol. The SMILES string of the molecule is CCCCCCCOCc1ccccc1COC(=O)N[C@@H](CO)C(=O)NC(=O)[C@@H]1C=C2c3cccc4c3C(C[C@H]2N(C)C1)CN4C. The number of nitrogens with zero attached hydrogens (tertiary/aromatic N) is 2. The van der Waals surface area contributed by atoms with E-state index in [4.69, 9.17) is 9.47 Å². The maximum atomic E-state index is 13.3. The zero-order chi connectivity index (χ0) is 32.6. The summed E-state index contributed by atoms with van der Waals surface area (Å²) < 4.78 is 11.2. The van der Waals surface area contributed by atoms with Gasteiger partial charge in [0.25, 0.3) is 5.91 Å². The standard InChI is InChI=1S/C36H48N4O6/c1-4-5-6-7-10-16-45-22-24-12-8-9-13-25(24)23-46-36(44)37-30(21-41)35(43)38-34(42)27-17-29-28-14-11-15-31-33(28)26(19-39(31)2)18-32(29)40(3)20-27/h8-9,11-15,17,26-27,30,32,41H,4-7,10,16,18-23H2,1-3H3,(H,37,44)(H,38,42,43)/t26?,27-,30+,32-/m1/s1. The summed E-state index contributed by atoms with van der Waals surface area (Å²) in [5.41, 5.74) is 6.57.